The fourth-order valence-corrected chi connectivity index (χ4v) is 2.95. The van der Waals surface area contributed by atoms with Crippen molar-refractivity contribution in [2.45, 2.75) is 41.5 Å². The summed E-state index contributed by atoms with van der Waals surface area (Å²) in [5.41, 5.74) is 10.6. The van der Waals surface area contributed by atoms with Crippen molar-refractivity contribution in [1.29, 1.82) is 0 Å². The van der Waals surface area contributed by atoms with Gasteiger partial charge in [-0.25, -0.2) is 0 Å². The van der Waals surface area contributed by atoms with Gasteiger partial charge in [0.2, 0.25) is 0 Å². The summed E-state index contributed by atoms with van der Waals surface area (Å²) in [6.45, 7) is 14.8. The van der Waals surface area contributed by atoms with Crippen LogP contribution in [-0.4, -0.2) is 13.1 Å². The summed E-state index contributed by atoms with van der Waals surface area (Å²) in [6.07, 6.45) is 8.32. The summed E-state index contributed by atoms with van der Waals surface area (Å²) < 4.78 is 0. The highest BCUT2D eigenvalue weighted by Crippen LogP contribution is 2.17. The van der Waals surface area contributed by atoms with E-state index in [4.69, 9.17) is 0 Å². The van der Waals surface area contributed by atoms with Crippen LogP contribution in [0.25, 0.3) is 12.2 Å². The molecule has 26 heavy (non-hydrogen) atoms. The lowest BCUT2D eigenvalue weighted by Crippen LogP contribution is -2.20. The number of hydrogen-bond donors (Lipinski definition) is 2. The second-order valence-corrected chi connectivity index (χ2v) is 7.13. The molecule has 2 aromatic rings. The monoisotopic (exact) mass is 348 g/mol. The molecule has 0 bridgehead atoms. The van der Waals surface area contributed by atoms with Crippen LogP contribution in [-0.2, 0) is 0 Å². The van der Waals surface area contributed by atoms with E-state index in [9.17, 15) is 0 Å². The summed E-state index contributed by atoms with van der Waals surface area (Å²) in [4.78, 5) is 0. The van der Waals surface area contributed by atoms with Crippen LogP contribution in [0.5, 0.6) is 0 Å². The molecule has 0 aliphatic carbocycles. The number of aryl methyl sites for hydroxylation is 4. The molecule has 0 aromatic heterocycles. The van der Waals surface area contributed by atoms with E-state index in [1.54, 1.807) is 0 Å². The van der Waals surface area contributed by atoms with Crippen LogP contribution in [0.1, 0.15) is 44.5 Å². The quantitative estimate of drug-likeness (QED) is 0.658. The minimum absolute atomic E-state index is 0.886. The highest BCUT2D eigenvalue weighted by molar-refractivity contribution is 5.54. The van der Waals surface area contributed by atoms with Crippen molar-refractivity contribution in [3.63, 3.8) is 0 Å². The molecule has 0 atom stereocenters. The zero-order chi connectivity index (χ0) is 19.1. The average molecular weight is 349 g/mol. The van der Waals surface area contributed by atoms with Crippen LogP contribution in [0.3, 0.4) is 0 Å². The van der Waals surface area contributed by atoms with Gasteiger partial charge in [-0.3, -0.25) is 0 Å². The van der Waals surface area contributed by atoms with Gasteiger partial charge < -0.3 is 10.6 Å². The molecule has 0 amide bonds. The Morgan fingerprint density at radius 2 is 0.885 bits per heavy atom. The highest BCUT2D eigenvalue weighted by Gasteiger charge is 1.99. The first-order chi connectivity index (χ1) is 12.4. The molecule has 0 saturated carbocycles. The number of hydrogen-bond acceptors (Lipinski definition) is 2. The van der Waals surface area contributed by atoms with Gasteiger partial charge >= 0.3 is 0 Å². The highest BCUT2D eigenvalue weighted by atomic mass is 14.9. The summed E-state index contributed by atoms with van der Waals surface area (Å²) in [5.74, 6) is 0. The van der Waals surface area contributed by atoms with E-state index in [2.05, 4.69) is 88.6 Å². The molecule has 0 unspecified atom stereocenters. The van der Waals surface area contributed by atoms with Crippen LogP contribution >= 0.6 is 0 Å². The van der Waals surface area contributed by atoms with Gasteiger partial charge in [-0.05, 0) is 111 Å². The lowest BCUT2D eigenvalue weighted by atomic mass is 10.0. The first-order valence-electron chi connectivity index (χ1n) is 9.34. The predicted octanol–water partition coefficient (Wildman–Crippen LogP) is 5.36. The van der Waals surface area contributed by atoms with Crippen molar-refractivity contribution < 1.29 is 0 Å². The Balaban J connectivity index is 1.74. The summed E-state index contributed by atoms with van der Waals surface area (Å²) in [5, 5.41) is 6.67. The van der Waals surface area contributed by atoms with Gasteiger partial charge in [0.25, 0.3) is 0 Å². The lowest BCUT2D eigenvalue weighted by Gasteiger charge is -2.07. The van der Waals surface area contributed by atoms with E-state index in [1.165, 1.54) is 44.5 Å². The Labute approximate surface area is 159 Å². The van der Waals surface area contributed by atoms with Crippen LogP contribution in [0, 0.1) is 41.5 Å². The molecule has 0 saturated heterocycles. The molecular weight excluding hydrogens is 316 g/mol. The fourth-order valence-electron chi connectivity index (χ4n) is 2.95. The Morgan fingerprint density at radius 1 is 0.577 bits per heavy atom. The third-order valence-electron chi connectivity index (χ3n) is 5.10. The normalized spacial score (nSPS) is 11.5. The minimum atomic E-state index is 0.886. The van der Waals surface area contributed by atoms with E-state index in [-0.39, 0.29) is 0 Å². The standard InChI is InChI=1S/C24H32N2/c1-17-13-23(14-18(2)21(17)5)7-9-25-11-12-26-10-8-24-15-19(3)22(6)20(4)16-24/h7-10,13-16,25-26H,11-12H2,1-6H3/b9-7+,10-8+. The van der Waals surface area contributed by atoms with E-state index in [1.807, 2.05) is 12.4 Å². The largest absolute Gasteiger partial charge is 0.389 e. The molecular formula is C24H32N2. The Hall–Kier alpha value is -2.48. The topological polar surface area (TPSA) is 24.1 Å². The zero-order valence-electron chi connectivity index (χ0n) is 17.0. The number of benzene rings is 2. The summed E-state index contributed by atoms with van der Waals surface area (Å²) in [6, 6.07) is 8.92. The second-order valence-electron chi connectivity index (χ2n) is 7.13. The summed E-state index contributed by atoms with van der Waals surface area (Å²) >= 11 is 0. The van der Waals surface area contributed by atoms with E-state index >= 15 is 0 Å². The molecule has 0 heterocycles. The average Bonchev–Trinajstić information content (AvgIpc) is 2.59. The van der Waals surface area contributed by atoms with Crippen LogP contribution in [0.4, 0.5) is 0 Å². The Morgan fingerprint density at radius 3 is 1.19 bits per heavy atom. The van der Waals surface area contributed by atoms with Gasteiger partial charge in [-0.2, -0.15) is 0 Å². The van der Waals surface area contributed by atoms with Crippen LogP contribution in [0.15, 0.2) is 36.7 Å². The SMILES string of the molecule is Cc1cc(/C=C/NCCN/C=C/c2cc(C)c(C)c(C)c2)cc(C)c1C. The van der Waals surface area contributed by atoms with Crippen molar-refractivity contribution in [1.82, 2.24) is 10.6 Å². The first-order valence-corrected chi connectivity index (χ1v) is 9.34. The van der Waals surface area contributed by atoms with Crippen molar-refractivity contribution in [2.24, 2.45) is 0 Å². The van der Waals surface area contributed by atoms with Gasteiger partial charge in [0, 0.05) is 13.1 Å². The first kappa shape index (κ1) is 19.8. The molecule has 2 rings (SSSR count). The van der Waals surface area contributed by atoms with Gasteiger partial charge in [0.05, 0.1) is 0 Å². The second kappa shape index (κ2) is 9.28. The van der Waals surface area contributed by atoms with Gasteiger partial charge in [0.15, 0.2) is 0 Å². The minimum Gasteiger partial charge on any atom is -0.389 e. The molecule has 0 spiro atoms. The molecule has 0 aliphatic heterocycles. The van der Waals surface area contributed by atoms with Crippen LogP contribution in [0.2, 0.25) is 0 Å². The molecule has 2 aromatic carbocycles. The number of nitrogens with one attached hydrogen (secondary N) is 2. The molecule has 138 valence electrons. The lowest BCUT2D eigenvalue weighted by molar-refractivity contribution is 0.770. The maximum atomic E-state index is 3.33. The van der Waals surface area contributed by atoms with E-state index in [0.717, 1.165) is 13.1 Å². The Kier molecular flexibility index (Phi) is 7.08. The maximum Gasteiger partial charge on any atom is 0.0314 e. The maximum absolute atomic E-state index is 3.33. The molecule has 2 nitrogen and oxygen atoms in total. The third kappa shape index (κ3) is 5.52. The van der Waals surface area contributed by atoms with Crippen molar-refractivity contribution >= 4 is 12.2 Å². The smallest absolute Gasteiger partial charge is 0.0314 e. The molecule has 0 radical (unpaired) electrons. The van der Waals surface area contributed by atoms with E-state index < -0.39 is 0 Å². The third-order valence-corrected chi connectivity index (χ3v) is 5.10. The fraction of sp³-hybridized carbons (Fsp3) is 0.333. The molecule has 0 fully saturated rings. The number of rotatable bonds is 7. The van der Waals surface area contributed by atoms with Crippen molar-refractivity contribution in [3.8, 4) is 0 Å². The predicted molar refractivity (Wildman–Crippen MR) is 115 cm³/mol. The Bertz CT molecular complexity index is 697. The zero-order valence-corrected chi connectivity index (χ0v) is 17.0. The van der Waals surface area contributed by atoms with Crippen molar-refractivity contribution in [3.05, 3.63) is 81.2 Å². The van der Waals surface area contributed by atoms with Crippen molar-refractivity contribution in [2.75, 3.05) is 13.1 Å². The van der Waals surface area contributed by atoms with Gasteiger partial charge in [-0.15, -0.1) is 0 Å². The molecule has 0 aliphatic rings. The van der Waals surface area contributed by atoms with Gasteiger partial charge in [0.1, 0.15) is 0 Å². The molecule has 2 N–H and O–H groups in total. The summed E-state index contributed by atoms with van der Waals surface area (Å²) in [7, 11) is 0. The van der Waals surface area contributed by atoms with Gasteiger partial charge in [-0.1, -0.05) is 24.3 Å². The van der Waals surface area contributed by atoms with E-state index in [0.29, 0.717) is 0 Å². The van der Waals surface area contributed by atoms with Crippen LogP contribution < -0.4 is 10.6 Å². The molecule has 2 heteroatoms.